The van der Waals surface area contributed by atoms with Crippen molar-refractivity contribution in [3.63, 3.8) is 0 Å². The number of nitrogens with two attached hydrogens (primary N) is 1. The standard InChI is InChI=1S/C12H16N2O3S/c1-7-5-9(13)10(6-8(7)2)14-11(15)12(3,4)18(14,16)17/h5-6H,13H2,1-4H3. The minimum absolute atomic E-state index is 0.252. The molecule has 1 heterocycles. The highest BCUT2D eigenvalue weighted by atomic mass is 32.2. The van der Waals surface area contributed by atoms with Crippen LogP contribution < -0.4 is 10.0 Å². The molecule has 1 aromatic rings. The largest absolute Gasteiger partial charge is 0.397 e. The average Bonchev–Trinajstić information content (AvgIpc) is 2.25. The maximum Gasteiger partial charge on any atom is 0.263 e. The van der Waals surface area contributed by atoms with Crippen LogP contribution in [0.3, 0.4) is 0 Å². The lowest BCUT2D eigenvalue weighted by molar-refractivity contribution is -0.120. The number of rotatable bonds is 1. The van der Waals surface area contributed by atoms with Gasteiger partial charge in [-0.3, -0.25) is 4.79 Å². The number of nitrogen functional groups attached to an aromatic ring is 1. The summed E-state index contributed by atoms with van der Waals surface area (Å²) in [7, 11) is -3.65. The number of hydrogen-bond acceptors (Lipinski definition) is 4. The summed E-state index contributed by atoms with van der Waals surface area (Å²) in [6, 6.07) is 3.31. The summed E-state index contributed by atoms with van der Waals surface area (Å²) >= 11 is 0. The summed E-state index contributed by atoms with van der Waals surface area (Å²) in [6.45, 7) is 6.53. The van der Waals surface area contributed by atoms with Gasteiger partial charge in [-0.1, -0.05) is 0 Å². The fourth-order valence-corrected chi connectivity index (χ4v) is 3.39. The Bertz CT molecular complexity index is 648. The van der Waals surface area contributed by atoms with Gasteiger partial charge in [0.2, 0.25) is 0 Å². The summed E-state index contributed by atoms with van der Waals surface area (Å²) < 4.78 is 23.6. The van der Waals surface area contributed by atoms with Crippen LogP contribution in [0.1, 0.15) is 25.0 Å². The van der Waals surface area contributed by atoms with Crippen LogP contribution >= 0.6 is 0 Å². The van der Waals surface area contributed by atoms with Crippen molar-refractivity contribution in [1.29, 1.82) is 0 Å². The number of carbonyl (C=O) groups excluding carboxylic acids is 1. The molecule has 2 rings (SSSR count). The molecule has 2 N–H and O–H groups in total. The summed E-state index contributed by atoms with van der Waals surface area (Å²) in [6.07, 6.45) is 0. The van der Waals surface area contributed by atoms with Crippen LogP contribution in [0, 0.1) is 13.8 Å². The molecule has 0 radical (unpaired) electrons. The summed E-state index contributed by atoms with van der Waals surface area (Å²) in [5.41, 5.74) is 8.22. The van der Waals surface area contributed by atoms with Gasteiger partial charge in [0.15, 0.2) is 4.75 Å². The normalized spacial score (nSPS) is 20.7. The van der Waals surface area contributed by atoms with E-state index in [-0.39, 0.29) is 5.69 Å². The Labute approximate surface area is 107 Å². The van der Waals surface area contributed by atoms with Crippen molar-refractivity contribution in [3.05, 3.63) is 23.3 Å². The fraction of sp³-hybridized carbons (Fsp3) is 0.417. The Morgan fingerprint density at radius 1 is 1.17 bits per heavy atom. The predicted octanol–water partition coefficient (Wildman–Crippen LogP) is 1.34. The molecule has 18 heavy (non-hydrogen) atoms. The first-order chi connectivity index (χ1) is 8.10. The number of hydrogen-bond donors (Lipinski definition) is 1. The molecule has 98 valence electrons. The van der Waals surface area contributed by atoms with Crippen molar-refractivity contribution >= 4 is 27.3 Å². The quantitative estimate of drug-likeness (QED) is 0.779. The van der Waals surface area contributed by atoms with Crippen LogP contribution in [0.15, 0.2) is 12.1 Å². The minimum Gasteiger partial charge on any atom is -0.397 e. The third kappa shape index (κ3) is 1.38. The lowest BCUT2D eigenvalue weighted by Crippen LogP contribution is -2.67. The highest BCUT2D eigenvalue weighted by molar-refractivity contribution is 7.98. The Hall–Kier alpha value is -1.56. The SMILES string of the molecule is Cc1cc(N)c(N2C(=O)C(C)(C)S2(=O)=O)cc1C. The molecule has 1 fully saturated rings. The molecule has 0 atom stereocenters. The zero-order valence-electron chi connectivity index (χ0n) is 10.8. The molecule has 0 bridgehead atoms. The van der Waals surface area contributed by atoms with Gasteiger partial charge in [0.25, 0.3) is 15.9 Å². The fourth-order valence-electron chi connectivity index (χ4n) is 1.89. The van der Waals surface area contributed by atoms with Gasteiger partial charge in [-0.25, -0.2) is 12.7 Å². The minimum atomic E-state index is -3.65. The zero-order valence-corrected chi connectivity index (χ0v) is 11.6. The third-order valence-corrected chi connectivity index (χ3v) is 5.75. The van der Waals surface area contributed by atoms with E-state index in [1.165, 1.54) is 13.8 Å². The van der Waals surface area contributed by atoms with Crippen LogP contribution in [0.4, 0.5) is 11.4 Å². The zero-order chi connectivity index (χ0) is 13.9. The van der Waals surface area contributed by atoms with E-state index in [2.05, 4.69) is 0 Å². The van der Waals surface area contributed by atoms with Crippen LogP contribution in [-0.2, 0) is 14.8 Å². The van der Waals surface area contributed by atoms with Crippen LogP contribution in [0.2, 0.25) is 0 Å². The average molecular weight is 268 g/mol. The molecular weight excluding hydrogens is 252 g/mol. The topological polar surface area (TPSA) is 80.5 Å². The first kappa shape index (κ1) is 12.9. The first-order valence-corrected chi connectivity index (χ1v) is 7.00. The van der Waals surface area contributed by atoms with Gasteiger partial charge in [-0.2, -0.15) is 0 Å². The van der Waals surface area contributed by atoms with Gasteiger partial charge in [0.1, 0.15) is 0 Å². The summed E-state index contributed by atoms with van der Waals surface area (Å²) in [5, 5.41) is 0. The van der Waals surface area contributed by atoms with Crippen LogP contribution in [0.5, 0.6) is 0 Å². The van der Waals surface area contributed by atoms with Crippen LogP contribution in [0.25, 0.3) is 0 Å². The molecule has 1 aliphatic rings. The summed E-state index contributed by atoms with van der Waals surface area (Å²) in [5.74, 6) is -0.447. The van der Waals surface area contributed by atoms with E-state index in [1.807, 2.05) is 13.8 Å². The summed E-state index contributed by atoms with van der Waals surface area (Å²) in [4.78, 5) is 11.9. The number of aryl methyl sites for hydroxylation is 2. The Morgan fingerprint density at radius 2 is 1.67 bits per heavy atom. The van der Waals surface area contributed by atoms with Gasteiger partial charge in [0, 0.05) is 0 Å². The highest BCUT2D eigenvalue weighted by Gasteiger charge is 2.61. The molecule has 0 aromatic heterocycles. The van der Waals surface area contributed by atoms with Crippen molar-refractivity contribution in [2.75, 3.05) is 10.0 Å². The molecule has 1 aliphatic heterocycles. The first-order valence-electron chi connectivity index (χ1n) is 5.56. The maximum absolute atomic E-state index is 12.1. The molecule has 1 saturated heterocycles. The van der Waals surface area contributed by atoms with Crippen molar-refractivity contribution in [3.8, 4) is 0 Å². The number of amides is 1. The number of carbonyl (C=O) groups is 1. The maximum atomic E-state index is 12.1. The molecule has 1 aromatic carbocycles. The molecule has 0 saturated carbocycles. The second-order valence-corrected chi connectivity index (χ2v) is 7.42. The lowest BCUT2D eigenvalue weighted by atomic mass is 10.1. The van der Waals surface area contributed by atoms with Crippen LogP contribution in [-0.4, -0.2) is 19.1 Å². The monoisotopic (exact) mass is 268 g/mol. The van der Waals surface area contributed by atoms with Gasteiger partial charge in [-0.15, -0.1) is 0 Å². The van der Waals surface area contributed by atoms with E-state index in [0.717, 1.165) is 15.4 Å². The second-order valence-electron chi connectivity index (χ2n) is 5.08. The van der Waals surface area contributed by atoms with E-state index < -0.39 is 20.7 Å². The highest BCUT2D eigenvalue weighted by Crippen LogP contribution is 2.42. The molecule has 0 aliphatic carbocycles. The number of sulfonamides is 1. The molecule has 1 amide bonds. The van der Waals surface area contributed by atoms with Gasteiger partial charge >= 0.3 is 0 Å². The van der Waals surface area contributed by atoms with Crippen molar-refractivity contribution in [2.45, 2.75) is 32.4 Å². The van der Waals surface area contributed by atoms with Crippen molar-refractivity contribution in [1.82, 2.24) is 0 Å². The lowest BCUT2D eigenvalue weighted by Gasteiger charge is -2.43. The van der Waals surface area contributed by atoms with Gasteiger partial charge in [-0.05, 0) is 51.0 Å². The number of nitrogens with zero attached hydrogens (tertiary/aromatic N) is 1. The molecule has 0 spiro atoms. The molecular formula is C12H16N2O3S. The Balaban J connectivity index is 2.60. The van der Waals surface area contributed by atoms with Crippen molar-refractivity contribution < 1.29 is 13.2 Å². The second kappa shape index (κ2) is 3.47. The van der Waals surface area contributed by atoms with Crippen molar-refractivity contribution in [2.24, 2.45) is 0 Å². The van der Waals surface area contributed by atoms with E-state index >= 15 is 0 Å². The predicted molar refractivity (Wildman–Crippen MR) is 70.8 cm³/mol. The van der Waals surface area contributed by atoms with E-state index in [4.69, 9.17) is 5.73 Å². The smallest absolute Gasteiger partial charge is 0.263 e. The molecule has 0 unspecified atom stereocenters. The van der Waals surface area contributed by atoms with E-state index in [1.54, 1.807) is 12.1 Å². The van der Waals surface area contributed by atoms with E-state index in [0.29, 0.717) is 5.69 Å². The third-order valence-electron chi connectivity index (χ3n) is 3.45. The van der Waals surface area contributed by atoms with Gasteiger partial charge < -0.3 is 5.73 Å². The van der Waals surface area contributed by atoms with Gasteiger partial charge in [0.05, 0.1) is 11.4 Å². The molecule has 5 nitrogen and oxygen atoms in total. The molecule has 6 heteroatoms. The van der Waals surface area contributed by atoms with E-state index in [9.17, 15) is 13.2 Å². The number of anilines is 2. The Kier molecular flexibility index (Phi) is 2.49. The number of benzene rings is 1. The Morgan fingerprint density at radius 3 is 2.17 bits per heavy atom.